The second-order valence-corrected chi connectivity index (χ2v) is 23.2. The minimum absolute atomic E-state index is 0.250. The van der Waals surface area contributed by atoms with Crippen LogP contribution >= 0.6 is 0 Å². The Morgan fingerprint density at radius 2 is 0.726 bits per heavy atom. The van der Waals surface area contributed by atoms with Gasteiger partial charge in [0.05, 0.1) is 45.4 Å². The van der Waals surface area contributed by atoms with Gasteiger partial charge in [0.2, 0.25) is 0 Å². The van der Waals surface area contributed by atoms with Gasteiger partial charge < -0.3 is 15.3 Å². The summed E-state index contributed by atoms with van der Waals surface area (Å²) in [5.74, 6) is -0.250. The Kier molecular flexibility index (Phi) is 14.8. The van der Waals surface area contributed by atoms with Gasteiger partial charge in [-0.1, -0.05) is 77.4 Å². The van der Waals surface area contributed by atoms with Crippen LogP contribution in [0.15, 0.2) is 140 Å². The molecular weight excluding hydrogens is 1030 g/mol. The first-order chi connectivity index (χ1) is 40.5. The number of aromatic nitrogens is 7. The van der Waals surface area contributed by atoms with E-state index in [1.54, 1.807) is 6.20 Å². The SMILES string of the molecule is Cc1ccc(CN(Cc2ccc(C)cn2)Cc2ccc(C(=O)Nc3ccc(-c4c5nc(c(-c6c(C)cc(C)cc6C)c6ccc([nH]6)c(-c6c(C)cc(C)cc6C)c6nc(c(-c7c(C)cc(C)cc7C)c7ccc4[nH]7)C=C6)C=C5)cc3)cn2)nc1. The van der Waals surface area contributed by atoms with E-state index in [1.165, 1.54) is 55.6 Å². The number of amides is 1. The first-order valence-corrected chi connectivity index (χ1v) is 28.8. The van der Waals surface area contributed by atoms with Crippen LogP contribution in [0.1, 0.15) is 111 Å². The second kappa shape index (κ2) is 22.6. The maximum atomic E-state index is 14.0. The van der Waals surface area contributed by atoms with Crippen LogP contribution in [0.25, 0.3) is 90.9 Å². The fourth-order valence-electron chi connectivity index (χ4n) is 12.6. The predicted molar refractivity (Wildman–Crippen MR) is 346 cm³/mol. The number of carbonyl (C=O) groups excluding carboxylic acids is 1. The number of benzene rings is 4. The highest BCUT2D eigenvalue weighted by Gasteiger charge is 2.23. The molecule has 0 saturated carbocycles. The summed E-state index contributed by atoms with van der Waals surface area (Å²) in [6, 6.07) is 42.4. The van der Waals surface area contributed by atoms with Gasteiger partial charge in [0.25, 0.3) is 5.91 Å². The fraction of sp³-hybridized carbons (Fsp3) is 0.189. The van der Waals surface area contributed by atoms with Crippen molar-refractivity contribution in [3.8, 4) is 44.5 Å². The van der Waals surface area contributed by atoms with Crippen molar-refractivity contribution in [1.29, 1.82) is 0 Å². The molecule has 0 unspecified atom stereocenters. The lowest BCUT2D eigenvalue weighted by atomic mass is 9.92. The largest absolute Gasteiger partial charge is 0.354 e. The van der Waals surface area contributed by atoms with E-state index in [0.717, 1.165) is 112 Å². The van der Waals surface area contributed by atoms with Crippen molar-refractivity contribution in [2.24, 2.45) is 0 Å². The standard InChI is InChI=1S/C74H69N9O/c1-42-12-17-56(75-36-42)39-83(40-57-18-13-43(2)37-76-57)41-58-21-16-54(38-77-58)74(84)78-55-19-14-53(15-20-55)70-59-22-24-61(79-59)71(67-47(6)30-44(3)31-48(67)7)63-26-28-65(81-63)73(69-51(10)34-46(5)35-52(69)11)66-29-27-64(82-66)72(62-25-23-60(70)80-62)68-49(8)32-45(4)33-50(68)9/h12-38,79,82H,39-41H2,1-11H3,(H,78,84). The maximum Gasteiger partial charge on any atom is 0.257 e. The second-order valence-electron chi connectivity index (χ2n) is 23.2. The number of anilines is 1. The van der Waals surface area contributed by atoms with Gasteiger partial charge in [-0.2, -0.15) is 0 Å². The monoisotopic (exact) mass is 1100 g/mol. The summed E-state index contributed by atoms with van der Waals surface area (Å²) < 4.78 is 0. The lowest BCUT2D eigenvalue weighted by Crippen LogP contribution is -2.24. The van der Waals surface area contributed by atoms with Crippen LogP contribution in [-0.2, 0) is 19.6 Å². The van der Waals surface area contributed by atoms with Gasteiger partial charge in [0, 0.05) is 88.2 Å². The summed E-state index contributed by atoms with van der Waals surface area (Å²) in [6.45, 7) is 25.6. The summed E-state index contributed by atoms with van der Waals surface area (Å²) in [6.07, 6.45) is 14.1. The molecule has 2 aliphatic heterocycles. The van der Waals surface area contributed by atoms with Crippen molar-refractivity contribution >= 4 is 58.0 Å². The maximum absolute atomic E-state index is 14.0. The number of nitrogens with one attached hydrogen (secondary N) is 3. The molecule has 0 spiro atoms. The van der Waals surface area contributed by atoms with E-state index in [-0.39, 0.29) is 5.91 Å². The van der Waals surface area contributed by atoms with Crippen molar-refractivity contribution in [2.75, 3.05) is 5.32 Å². The molecule has 10 aromatic rings. The molecule has 0 radical (unpaired) electrons. The van der Waals surface area contributed by atoms with Crippen LogP contribution in [0, 0.1) is 76.2 Å². The quantitative estimate of drug-likeness (QED) is 0.111. The average molecular weight is 1100 g/mol. The van der Waals surface area contributed by atoms with E-state index in [9.17, 15) is 4.79 Å². The lowest BCUT2D eigenvalue weighted by molar-refractivity contribution is 0.102. The van der Waals surface area contributed by atoms with Crippen molar-refractivity contribution < 1.29 is 4.79 Å². The van der Waals surface area contributed by atoms with Crippen LogP contribution in [0.4, 0.5) is 5.69 Å². The topological polar surface area (TPSA) is 128 Å². The highest BCUT2D eigenvalue weighted by atomic mass is 16.1. The number of fused-ring (bicyclic) bond motifs is 8. The number of hydrogen-bond donors (Lipinski definition) is 3. The zero-order valence-electron chi connectivity index (χ0n) is 49.8. The van der Waals surface area contributed by atoms with Gasteiger partial charge >= 0.3 is 0 Å². The Bertz CT molecular complexity index is 4310. The van der Waals surface area contributed by atoms with Crippen LogP contribution < -0.4 is 5.32 Å². The van der Waals surface area contributed by atoms with Gasteiger partial charge in [-0.3, -0.25) is 24.6 Å². The minimum atomic E-state index is -0.250. The van der Waals surface area contributed by atoms with Crippen molar-refractivity contribution in [2.45, 2.75) is 95.8 Å². The van der Waals surface area contributed by atoms with Gasteiger partial charge in [-0.25, -0.2) is 9.97 Å². The molecule has 0 atom stereocenters. The third-order valence-corrected chi connectivity index (χ3v) is 16.2. The van der Waals surface area contributed by atoms with Crippen molar-refractivity contribution in [1.82, 2.24) is 39.8 Å². The predicted octanol–water partition coefficient (Wildman–Crippen LogP) is 17.4. The van der Waals surface area contributed by atoms with Crippen LogP contribution in [0.3, 0.4) is 0 Å². The fourth-order valence-corrected chi connectivity index (χ4v) is 12.6. The smallest absolute Gasteiger partial charge is 0.257 e. The van der Waals surface area contributed by atoms with Gasteiger partial charge in [0.1, 0.15) is 0 Å². The summed E-state index contributed by atoms with van der Waals surface area (Å²) in [7, 11) is 0. The molecule has 8 bridgehead atoms. The minimum Gasteiger partial charge on any atom is -0.354 e. The molecule has 84 heavy (non-hydrogen) atoms. The molecule has 8 heterocycles. The normalized spacial score (nSPS) is 12.0. The number of rotatable bonds is 12. The van der Waals surface area contributed by atoms with E-state index in [4.69, 9.17) is 15.0 Å². The summed E-state index contributed by atoms with van der Waals surface area (Å²) in [5, 5.41) is 3.15. The average Bonchev–Trinajstić information content (AvgIpc) is 3.58. The first-order valence-electron chi connectivity index (χ1n) is 28.8. The molecule has 1 amide bonds. The Morgan fingerprint density at radius 1 is 0.381 bits per heavy atom. The highest BCUT2D eigenvalue weighted by molar-refractivity contribution is 6.05. The Labute approximate surface area is 492 Å². The van der Waals surface area contributed by atoms with Crippen molar-refractivity contribution in [3.63, 3.8) is 0 Å². The summed E-state index contributed by atoms with van der Waals surface area (Å²) in [4.78, 5) is 49.6. The van der Waals surface area contributed by atoms with Crippen LogP contribution in [0.5, 0.6) is 0 Å². The van der Waals surface area contributed by atoms with Crippen molar-refractivity contribution in [3.05, 3.63) is 247 Å². The third kappa shape index (κ3) is 11.1. The number of aryl methyl sites for hydroxylation is 11. The lowest BCUT2D eigenvalue weighted by Gasteiger charge is -2.21. The Hall–Kier alpha value is -9.64. The first kappa shape index (κ1) is 54.9. The zero-order chi connectivity index (χ0) is 58.5. The molecular formula is C74H69N9O. The number of hydrogen-bond acceptors (Lipinski definition) is 7. The number of nitrogens with zero attached hydrogens (tertiary/aromatic N) is 6. The zero-order valence-corrected chi connectivity index (χ0v) is 49.8. The number of carbonyl (C=O) groups is 1. The van der Waals surface area contributed by atoms with E-state index in [1.807, 2.05) is 50.5 Å². The molecule has 2 aliphatic rings. The molecule has 12 rings (SSSR count). The molecule has 4 aromatic carbocycles. The van der Waals surface area contributed by atoms with E-state index in [2.05, 4.69) is 214 Å². The third-order valence-electron chi connectivity index (χ3n) is 16.2. The molecule has 0 fully saturated rings. The van der Waals surface area contributed by atoms with E-state index in [0.29, 0.717) is 30.9 Å². The Morgan fingerprint density at radius 3 is 1.07 bits per heavy atom. The molecule has 0 saturated heterocycles. The molecule has 3 N–H and O–H groups in total. The molecule has 10 heteroatoms. The van der Waals surface area contributed by atoms with E-state index >= 15 is 0 Å². The van der Waals surface area contributed by atoms with Crippen LogP contribution in [0.2, 0.25) is 0 Å². The summed E-state index contributed by atoms with van der Waals surface area (Å²) in [5.41, 5.74) is 32.4. The molecule has 10 nitrogen and oxygen atoms in total. The number of pyridine rings is 3. The number of H-pyrrole nitrogens is 2. The Balaban J connectivity index is 0.977. The molecule has 6 aromatic heterocycles. The van der Waals surface area contributed by atoms with Gasteiger partial charge in [-0.05, 0) is 228 Å². The summed E-state index contributed by atoms with van der Waals surface area (Å²) >= 11 is 0. The van der Waals surface area contributed by atoms with Crippen LogP contribution in [-0.4, -0.2) is 45.7 Å². The molecule has 0 aliphatic carbocycles. The molecule has 416 valence electrons. The van der Waals surface area contributed by atoms with E-state index < -0.39 is 0 Å². The highest BCUT2D eigenvalue weighted by Crippen LogP contribution is 2.42. The van der Waals surface area contributed by atoms with Gasteiger partial charge in [0.15, 0.2) is 0 Å². The number of aromatic amines is 2. The van der Waals surface area contributed by atoms with Gasteiger partial charge in [-0.15, -0.1) is 0 Å².